The second kappa shape index (κ2) is 6.37. The second-order valence-electron chi connectivity index (χ2n) is 1.77. The van der Waals surface area contributed by atoms with E-state index in [4.69, 9.17) is 0 Å². The van der Waals surface area contributed by atoms with Crippen LogP contribution in [0.15, 0.2) is 29.2 Å². The van der Waals surface area contributed by atoms with Crippen LogP contribution >= 0.6 is 12.6 Å². The molecule has 1 aromatic carbocycles. The van der Waals surface area contributed by atoms with Crippen LogP contribution in [0.3, 0.4) is 0 Å². The van der Waals surface area contributed by atoms with Crippen LogP contribution in [0.5, 0.6) is 0 Å². The molecular formula is C7H6NORbS. The Morgan fingerprint density at radius 3 is 2.27 bits per heavy atom. The van der Waals surface area contributed by atoms with Gasteiger partial charge in [-0.05, 0) is 0 Å². The zero-order valence-corrected chi connectivity index (χ0v) is 12.0. The van der Waals surface area contributed by atoms with Crippen LogP contribution in [0.2, 0.25) is 0 Å². The van der Waals surface area contributed by atoms with E-state index in [0.717, 1.165) is 10.6 Å². The molecule has 0 aromatic heterocycles. The van der Waals surface area contributed by atoms with Crippen molar-refractivity contribution in [2.45, 2.75) is 4.90 Å². The van der Waals surface area contributed by atoms with Gasteiger partial charge in [0.1, 0.15) is 0 Å². The number of hydrogen-bond donors (Lipinski definition) is 2. The van der Waals surface area contributed by atoms with E-state index >= 15 is 0 Å². The van der Waals surface area contributed by atoms with E-state index in [9.17, 15) is 4.79 Å². The fraction of sp³-hybridized carbons (Fsp3) is 0. The Bertz CT molecular complexity index is 224. The number of amides is 1. The molecule has 0 aliphatic carbocycles. The number of rotatable bonds is 2. The first-order valence-corrected chi connectivity index (χ1v) is 3.20. The summed E-state index contributed by atoms with van der Waals surface area (Å²) in [5, 5.41) is 2.40. The largest absolute Gasteiger partial charge is 1.00 e. The number of nitrogens with one attached hydrogen (secondary N) is 1. The maximum absolute atomic E-state index is 9.80. The smallest absolute Gasteiger partial charge is 0.490 e. The van der Waals surface area contributed by atoms with Gasteiger partial charge in [-0.25, -0.2) is 0 Å². The zero-order valence-electron chi connectivity index (χ0n) is 6.16. The van der Waals surface area contributed by atoms with Gasteiger partial charge in [-0.3, -0.25) is 0 Å². The van der Waals surface area contributed by atoms with Crippen molar-refractivity contribution in [1.29, 1.82) is 0 Å². The van der Waals surface area contributed by atoms with Crippen LogP contribution in [0.4, 0.5) is 5.69 Å². The van der Waals surface area contributed by atoms with Crippen LogP contribution < -0.4 is 63.5 Å². The van der Waals surface area contributed by atoms with Gasteiger partial charge in [-0.2, -0.15) is 0 Å². The molecule has 0 bridgehead atoms. The number of carbonyl (C=O) groups excluding carboxylic acids is 1. The Hall–Kier alpha value is 0.845. The predicted octanol–water partition coefficient (Wildman–Crippen LogP) is -1.54. The summed E-state index contributed by atoms with van der Waals surface area (Å²) >= 11 is 4.07. The summed E-state index contributed by atoms with van der Waals surface area (Å²) in [6, 6.07) is 7.10. The van der Waals surface area contributed by atoms with Crippen LogP contribution in [-0.4, -0.2) is 6.41 Å². The molecule has 1 amide bonds. The van der Waals surface area contributed by atoms with Gasteiger partial charge < -0.3 is 10.1 Å². The number of thiol groups is 1. The van der Waals surface area contributed by atoms with Crippen molar-refractivity contribution in [3.63, 3.8) is 0 Å². The summed E-state index contributed by atoms with van der Waals surface area (Å²) in [5.74, 6) is 0. The van der Waals surface area contributed by atoms with Crippen LogP contribution in [0.25, 0.3) is 0 Å². The average Bonchev–Trinajstić information content (AvgIpc) is 1.95. The Balaban J connectivity index is 0.000001000. The molecule has 0 fully saturated rings. The minimum absolute atomic E-state index is 0. The van der Waals surface area contributed by atoms with Crippen molar-refractivity contribution in [3.05, 3.63) is 24.3 Å². The Morgan fingerprint density at radius 1 is 1.27 bits per heavy atom. The Kier molecular flexibility index (Phi) is 6.86. The van der Waals surface area contributed by atoms with E-state index < -0.39 is 0 Å². The first kappa shape index (κ1) is 11.8. The topological polar surface area (TPSA) is 29.1 Å². The van der Waals surface area contributed by atoms with Crippen LogP contribution in [0.1, 0.15) is 0 Å². The molecule has 0 heterocycles. The maximum Gasteiger partial charge on any atom is 1.00 e. The average molecular weight is 238 g/mol. The fourth-order valence-corrected chi connectivity index (χ4v) is 0.753. The van der Waals surface area contributed by atoms with Gasteiger partial charge in [0, 0.05) is 4.90 Å². The minimum atomic E-state index is 0. The first-order valence-electron chi connectivity index (χ1n) is 2.75. The molecule has 52 valence electrons. The predicted molar refractivity (Wildman–Crippen MR) is 43.0 cm³/mol. The molecule has 0 atom stereocenters. The molecule has 11 heavy (non-hydrogen) atoms. The van der Waals surface area contributed by atoms with E-state index in [2.05, 4.69) is 17.9 Å². The molecule has 1 rings (SSSR count). The van der Waals surface area contributed by atoms with Crippen molar-refractivity contribution in [2.24, 2.45) is 0 Å². The maximum atomic E-state index is 9.80. The standard InChI is InChI=1S/C7H6NOS.Rb/c9-5-8-6-1-3-7(10)4-2-6;/h1-4,10H,(H,8,9);/q-1;+1. The van der Waals surface area contributed by atoms with E-state index in [1.165, 1.54) is 0 Å². The first-order chi connectivity index (χ1) is 4.83. The van der Waals surface area contributed by atoms with Crippen molar-refractivity contribution in [3.8, 4) is 0 Å². The molecule has 0 saturated heterocycles. The van der Waals surface area contributed by atoms with Crippen LogP contribution in [-0.2, 0) is 4.79 Å². The molecule has 0 unspecified atom stereocenters. The Labute approximate surface area is 120 Å². The summed E-state index contributed by atoms with van der Waals surface area (Å²) in [7, 11) is 0. The molecule has 1 aromatic rings. The van der Waals surface area contributed by atoms with Crippen molar-refractivity contribution < 1.29 is 63.0 Å². The quantitative estimate of drug-likeness (QED) is 0.364. The summed E-state index contributed by atoms with van der Waals surface area (Å²) in [6.45, 7) is 0. The van der Waals surface area contributed by atoms with E-state index in [1.54, 1.807) is 30.7 Å². The van der Waals surface area contributed by atoms with Crippen molar-refractivity contribution >= 4 is 24.7 Å². The second-order valence-corrected chi connectivity index (χ2v) is 2.29. The van der Waals surface area contributed by atoms with Gasteiger partial charge in [0.05, 0.1) is 6.41 Å². The molecule has 1 N–H and O–H groups in total. The van der Waals surface area contributed by atoms with Crippen molar-refractivity contribution in [1.82, 2.24) is 0 Å². The van der Waals surface area contributed by atoms with Gasteiger partial charge in [0.25, 0.3) is 0 Å². The molecule has 4 heteroatoms. The summed E-state index contributed by atoms with van der Waals surface area (Å²) in [4.78, 5) is 10.7. The normalized spacial score (nSPS) is 8.09. The Morgan fingerprint density at radius 2 is 1.82 bits per heavy atom. The summed E-state index contributed by atoms with van der Waals surface area (Å²) < 4.78 is 0. The van der Waals surface area contributed by atoms with Crippen LogP contribution in [0, 0.1) is 0 Å². The molecule has 0 spiro atoms. The molecular weight excluding hydrogens is 232 g/mol. The summed E-state index contributed by atoms with van der Waals surface area (Å²) in [6.07, 6.45) is 1.58. The molecule has 0 aliphatic rings. The van der Waals surface area contributed by atoms with E-state index in [-0.39, 0.29) is 58.2 Å². The molecule has 2 nitrogen and oxygen atoms in total. The molecule has 0 radical (unpaired) electrons. The monoisotopic (exact) mass is 237 g/mol. The zero-order chi connectivity index (χ0) is 7.40. The molecule has 0 aliphatic heterocycles. The fourth-order valence-electron chi connectivity index (χ4n) is 0.604. The van der Waals surface area contributed by atoms with Gasteiger partial charge in [0.2, 0.25) is 0 Å². The van der Waals surface area contributed by atoms with Gasteiger partial charge in [-0.1, -0.05) is 12.1 Å². The SMILES string of the molecule is O=[C-]Nc1ccc(S)cc1.[Rb+]. The van der Waals surface area contributed by atoms with E-state index in [1.807, 2.05) is 0 Å². The molecule has 0 saturated carbocycles. The summed E-state index contributed by atoms with van der Waals surface area (Å²) in [5.41, 5.74) is 0.729. The van der Waals surface area contributed by atoms with Crippen molar-refractivity contribution in [2.75, 3.05) is 5.32 Å². The number of benzene rings is 1. The van der Waals surface area contributed by atoms with E-state index in [0.29, 0.717) is 0 Å². The van der Waals surface area contributed by atoms with Gasteiger partial charge in [-0.15, -0.1) is 30.4 Å². The number of anilines is 1. The third kappa shape index (κ3) is 4.43. The van der Waals surface area contributed by atoms with Gasteiger partial charge in [0.15, 0.2) is 0 Å². The third-order valence-electron chi connectivity index (χ3n) is 1.06. The minimum Gasteiger partial charge on any atom is -0.490 e. The van der Waals surface area contributed by atoms with Gasteiger partial charge >= 0.3 is 58.2 Å². The third-order valence-corrected chi connectivity index (χ3v) is 1.36. The number of hydrogen-bond acceptors (Lipinski definition) is 2.